The number of alkyl halides is 3. The first-order valence-corrected chi connectivity index (χ1v) is 7.87. The topological polar surface area (TPSA) is 46.4 Å². The van der Waals surface area contributed by atoms with Crippen LogP contribution >= 0.6 is 0 Å². The maximum atomic E-state index is 12.7. The molecule has 0 bridgehead atoms. The number of carbonyl (C=O) groups excluding carboxylic acids is 1. The second-order valence-corrected chi connectivity index (χ2v) is 5.74. The van der Waals surface area contributed by atoms with Gasteiger partial charge in [0.15, 0.2) is 0 Å². The summed E-state index contributed by atoms with van der Waals surface area (Å²) in [6.45, 7) is 6.83. The largest absolute Gasteiger partial charge is 0.416 e. The number of aromatic nitrogens is 1. The van der Waals surface area contributed by atoms with E-state index in [0.29, 0.717) is 0 Å². The van der Waals surface area contributed by atoms with Crippen molar-refractivity contribution in [3.05, 3.63) is 58.4 Å². The Morgan fingerprint density at radius 1 is 1.28 bits per heavy atom. The molecule has 25 heavy (non-hydrogen) atoms. The van der Waals surface area contributed by atoms with E-state index < -0.39 is 17.6 Å². The van der Waals surface area contributed by atoms with E-state index in [1.54, 1.807) is 6.21 Å². The zero-order chi connectivity index (χ0) is 18.6. The summed E-state index contributed by atoms with van der Waals surface area (Å²) in [6, 6.07) is 6.67. The first-order chi connectivity index (χ1) is 11.7. The molecule has 0 fully saturated rings. The van der Waals surface area contributed by atoms with Crippen LogP contribution in [0.15, 0.2) is 35.4 Å². The fraction of sp³-hybridized carbons (Fsp3) is 0.333. The van der Waals surface area contributed by atoms with Crippen LogP contribution in [0, 0.1) is 13.8 Å². The number of hydrogen-bond donors (Lipinski definition) is 1. The van der Waals surface area contributed by atoms with Gasteiger partial charge in [0.25, 0.3) is 0 Å². The molecular formula is C18H20F3N3O. The van der Waals surface area contributed by atoms with Gasteiger partial charge in [-0.1, -0.05) is 18.2 Å². The Bertz CT molecular complexity index is 791. The van der Waals surface area contributed by atoms with Gasteiger partial charge in [-0.05, 0) is 38.5 Å². The fourth-order valence-corrected chi connectivity index (χ4v) is 2.70. The zero-order valence-electron chi connectivity index (χ0n) is 14.3. The number of halogens is 3. The molecule has 1 N–H and O–H groups in total. The van der Waals surface area contributed by atoms with Crippen LogP contribution in [0.5, 0.6) is 0 Å². The minimum absolute atomic E-state index is 0.171. The maximum absolute atomic E-state index is 12.7. The summed E-state index contributed by atoms with van der Waals surface area (Å²) >= 11 is 0. The van der Waals surface area contributed by atoms with Gasteiger partial charge in [-0.3, -0.25) is 4.79 Å². The smallest absolute Gasteiger partial charge is 0.349 e. The molecule has 0 spiro atoms. The van der Waals surface area contributed by atoms with Gasteiger partial charge < -0.3 is 4.57 Å². The highest BCUT2D eigenvalue weighted by Crippen LogP contribution is 2.29. The van der Waals surface area contributed by atoms with Gasteiger partial charge >= 0.3 is 6.18 Å². The fourth-order valence-electron chi connectivity index (χ4n) is 2.70. The Hall–Kier alpha value is -2.57. The van der Waals surface area contributed by atoms with E-state index in [4.69, 9.17) is 0 Å². The lowest BCUT2D eigenvalue weighted by Gasteiger charge is -2.08. The van der Waals surface area contributed by atoms with E-state index in [1.807, 2.05) is 26.8 Å². The zero-order valence-corrected chi connectivity index (χ0v) is 14.3. The van der Waals surface area contributed by atoms with Gasteiger partial charge in [0.2, 0.25) is 5.91 Å². The van der Waals surface area contributed by atoms with Crippen LogP contribution in [0.4, 0.5) is 13.2 Å². The number of hydrogen-bond acceptors (Lipinski definition) is 2. The molecule has 0 saturated carbocycles. The van der Waals surface area contributed by atoms with Crippen LogP contribution in [-0.2, 0) is 23.9 Å². The maximum Gasteiger partial charge on any atom is 0.416 e. The minimum Gasteiger partial charge on any atom is -0.349 e. The number of amides is 1. The second kappa shape index (κ2) is 7.55. The van der Waals surface area contributed by atoms with Crippen molar-refractivity contribution >= 4 is 12.1 Å². The number of aryl methyl sites for hydroxylation is 1. The van der Waals surface area contributed by atoms with Crippen molar-refractivity contribution in [2.75, 3.05) is 0 Å². The molecule has 134 valence electrons. The van der Waals surface area contributed by atoms with Crippen LogP contribution in [0.25, 0.3) is 0 Å². The molecular weight excluding hydrogens is 331 g/mol. The van der Waals surface area contributed by atoms with Gasteiger partial charge in [0.1, 0.15) is 0 Å². The number of benzene rings is 1. The first kappa shape index (κ1) is 18.8. The molecule has 1 heterocycles. The molecule has 0 aliphatic heterocycles. The summed E-state index contributed by atoms with van der Waals surface area (Å²) in [7, 11) is 0. The first-order valence-electron chi connectivity index (χ1n) is 7.87. The van der Waals surface area contributed by atoms with Crippen LogP contribution in [0.1, 0.15) is 35.0 Å². The Morgan fingerprint density at radius 3 is 2.60 bits per heavy atom. The predicted molar refractivity (Wildman–Crippen MR) is 90.5 cm³/mol. The third-order valence-electron chi connectivity index (χ3n) is 3.94. The van der Waals surface area contributed by atoms with E-state index in [1.165, 1.54) is 12.1 Å². The number of nitrogens with one attached hydrogen (secondary N) is 1. The van der Waals surface area contributed by atoms with Crippen molar-refractivity contribution in [1.29, 1.82) is 0 Å². The average molecular weight is 351 g/mol. The van der Waals surface area contributed by atoms with Crippen LogP contribution in [0.3, 0.4) is 0 Å². The molecule has 7 heteroatoms. The summed E-state index contributed by atoms with van der Waals surface area (Å²) in [5.74, 6) is -0.472. The average Bonchev–Trinajstić information content (AvgIpc) is 2.80. The third-order valence-corrected chi connectivity index (χ3v) is 3.94. The predicted octanol–water partition coefficient (Wildman–Crippen LogP) is 3.84. The Labute approximate surface area is 144 Å². The molecule has 1 aromatic heterocycles. The van der Waals surface area contributed by atoms with Crippen molar-refractivity contribution in [3.8, 4) is 0 Å². The van der Waals surface area contributed by atoms with Crippen LogP contribution in [-0.4, -0.2) is 16.7 Å². The summed E-state index contributed by atoms with van der Waals surface area (Å²) in [4.78, 5) is 11.9. The summed E-state index contributed by atoms with van der Waals surface area (Å²) < 4.78 is 40.1. The third kappa shape index (κ3) is 4.71. The van der Waals surface area contributed by atoms with E-state index in [0.717, 1.165) is 35.6 Å². The molecule has 0 radical (unpaired) electrons. The van der Waals surface area contributed by atoms with Crippen molar-refractivity contribution in [1.82, 2.24) is 9.99 Å². The van der Waals surface area contributed by atoms with E-state index in [-0.39, 0.29) is 12.0 Å². The molecule has 0 aliphatic rings. The van der Waals surface area contributed by atoms with Gasteiger partial charge in [-0.2, -0.15) is 18.3 Å². The molecule has 4 nitrogen and oxygen atoms in total. The number of carbonyl (C=O) groups is 1. The second-order valence-electron chi connectivity index (χ2n) is 5.74. The number of hydrazone groups is 1. The quantitative estimate of drug-likeness (QED) is 0.646. The standard InChI is InChI=1S/C18H20F3N3O/c1-4-24-12(2)8-15(13(24)3)11-22-23-17(25)10-14-6-5-7-16(9-14)18(19,20)21/h5-9,11H,4,10H2,1-3H3,(H,23,25)/b22-11+. The van der Waals surface area contributed by atoms with E-state index >= 15 is 0 Å². The van der Waals surface area contributed by atoms with Crippen LogP contribution < -0.4 is 5.43 Å². The summed E-state index contributed by atoms with van der Waals surface area (Å²) in [6.07, 6.45) is -3.06. The molecule has 0 aliphatic carbocycles. The lowest BCUT2D eigenvalue weighted by Crippen LogP contribution is -2.20. The Kier molecular flexibility index (Phi) is 5.66. The van der Waals surface area contributed by atoms with Gasteiger partial charge in [-0.25, -0.2) is 5.43 Å². The summed E-state index contributed by atoms with van der Waals surface area (Å²) in [5, 5.41) is 3.90. The SMILES string of the molecule is CCn1c(C)cc(/C=N/NC(=O)Cc2cccc(C(F)(F)F)c2)c1C. The van der Waals surface area contributed by atoms with E-state index in [9.17, 15) is 18.0 Å². The molecule has 0 atom stereocenters. The van der Waals surface area contributed by atoms with Crippen molar-refractivity contribution in [3.63, 3.8) is 0 Å². The van der Waals surface area contributed by atoms with Gasteiger partial charge in [0, 0.05) is 23.5 Å². The lowest BCUT2D eigenvalue weighted by atomic mass is 10.1. The van der Waals surface area contributed by atoms with Crippen LogP contribution in [0.2, 0.25) is 0 Å². The number of rotatable bonds is 5. The molecule has 0 saturated heterocycles. The Balaban J connectivity index is 1.99. The molecule has 1 amide bonds. The lowest BCUT2D eigenvalue weighted by molar-refractivity contribution is -0.137. The normalized spacial score (nSPS) is 11.9. The molecule has 2 aromatic rings. The minimum atomic E-state index is -4.42. The van der Waals surface area contributed by atoms with Gasteiger partial charge in [-0.15, -0.1) is 0 Å². The Morgan fingerprint density at radius 2 is 2.00 bits per heavy atom. The van der Waals surface area contributed by atoms with Gasteiger partial charge in [0.05, 0.1) is 18.2 Å². The highest BCUT2D eigenvalue weighted by Gasteiger charge is 2.30. The summed E-state index contributed by atoms with van der Waals surface area (Å²) in [5.41, 5.74) is 4.89. The van der Waals surface area contributed by atoms with Crippen molar-refractivity contribution < 1.29 is 18.0 Å². The molecule has 0 unspecified atom stereocenters. The van der Waals surface area contributed by atoms with Crippen molar-refractivity contribution in [2.24, 2.45) is 5.10 Å². The molecule has 1 aromatic carbocycles. The highest BCUT2D eigenvalue weighted by atomic mass is 19.4. The number of nitrogens with zero attached hydrogens (tertiary/aromatic N) is 2. The molecule has 2 rings (SSSR count). The van der Waals surface area contributed by atoms with E-state index in [2.05, 4.69) is 15.1 Å². The van der Waals surface area contributed by atoms with Crippen molar-refractivity contribution in [2.45, 2.75) is 39.9 Å². The monoisotopic (exact) mass is 351 g/mol. The highest BCUT2D eigenvalue weighted by molar-refractivity contribution is 5.84.